The summed E-state index contributed by atoms with van der Waals surface area (Å²) in [6, 6.07) is 21.6. The number of aryl methyl sites for hydroxylation is 2. The highest BCUT2D eigenvalue weighted by atomic mass is 32.2. The van der Waals surface area contributed by atoms with Gasteiger partial charge in [0, 0.05) is 0 Å². The fraction of sp³-hybridized carbons (Fsp3) is 0.182. The molecule has 0 bridgehead atoms. The zero-order valence-electron chi connectivity index (χ0n) is 15.6. The predicted octanol–water partition coefficient (Wildman–Crippen LogP) is 4.38. The van der Waals surface area contributed by atoms with Gasteiger partial charge < -0.3 is 4.74 Å². The van der Waals surface area contributed by atoms with Crippen molar-refractivity contribution in [1.29, 1.82) is 0 Å². The Morgan fingerprint density at radius 1 is 0.741 bits per heavy atom. The maximum Gasteiger partial charge on any atom is 0.241 e. The first-order valence-electron chi connectivity index (χ1n) is 8.68. The normalized spacial score (nSPS) is 12.6. The first-order valence-corrected chi connectivity index (χ1v) is 10.2. The highest BCUT2D eigenvalue weighted by Gasteiger charge is 2.23. The number of sulfonamides is 1. The average molecular weight is 381 g/mol. The number of benzene rings is 3. The lowest BCUT2D eigenvalue weighted by Crippen LogP contribution is -2.29. The highest BCUT2D eigenvalue weighted by Crippen LogP contribution is 2.26. The van der Waals surface area contributed by atoms with Crippen molar-refractivity contribution in [2.45, 2.75) is 24.8 Å². The summed E-state index contributed by atoms with van der Waals surface area (Å²) in [7, 11) is -2.08. The van der Waals surface area contributed by atoms with Gasteiger partial charge in [0.05, 0.1) is 18.0 Å². The van der Waals surface area contributed by atoms with Crippen LogP contribution in [0, 0.1) is 13.8 Å². The van der Waals surface area contributed by atoms with E-state index in [0.29, 0.717) is 0 Å². The van der Waals surface area contributed by atoms with E-state index in [0.717, 1.165) is 28.0 Å². The monoisotopic (exact) mass is 381 g/mol. The van der Waals surface area contributed by atoms with Crippen LogP contribution in [0.5, 0.6) is 5.75 Å². The van der Waals surface area contributed by atoms with Crippen molar-refractivity contribution in [3.63, 3.8) is 0 Å². The molecule has 0 unspecified atom stereocenters. The van der Waals surface area contributed by atoms with Crippen molar-refractivity contribution in [3.05, 3.63) is 95.1 Å². The lowest BCUT2D eigenvalue weighted by atomic mass is 9.99. The summed E-state index contributed by atoms with van der Waals surface area (Å²) in [6.07, 6.45) is 0. The summed E-state index contributed by atoms with van der Waals surface area (Å²) in [5.41, 5.74) is 3.85. The van der Waals surface area contributed by atoms with Crippen LogP contribution in [-0.2, 0) is 10.0 Å². The molecule has 3 aromatic rings. The molecule has 0 amide bonds. The molecule has 140 valence electrons. The Bertz CT molecular complexity index is 993. The topological polar surface area (TPSA) is 55.4 Å². The molecule has 0 radical (unpaired) electrons. The summed E-state index contributed by atoms with van der Waals surface area (Å²) < 4.78 is 34.0. The van der Waals surface area contributed by atoms with Crippen LogP contribution in [0.4, 0.5) is 0 Å². The fourth-order valence-corrected chi connectivity index (χ4v) is 4.04. The zero-order valence-corrected chi connectivity index (χ0v) is 16.5. The number of methoxy groups -OCH3 is 1. The Labute approximate surface area is 160 Å². The minimum Gasteiger partial charge on any atom is -0.497 e. The quantitative estimate of drug-likeness (QED) is 0.689. The summed E-state index contributed by atoms with van der Waals surface area (Å²) in [5.74, 6) is 0.725. The van der Waals surface area contributed by atoms with Crippen LogP contribution in [0.2, 0.25) is 0 Å². The van der Waals surface area contributed by atoms with Crippen LogP contribution >= 0.6 is 0 Å². The second kappa shape index (κ2) is 7.94. The molecule has 1 atom stereocenters. The molecular weight excluding hydrogens is 358 g/mol. The number of hydrogen-bond acceptors (Lipinski definition) is 3. The molecule has 0 aliphatic carbocycles. The smallest absolute Gasteiger partial charge is 0.241 e. The molecule has 0 aliphatic rings. The second-order valence-corrected chi connectivity index (χ2v) is 8.27. The van der Waals surface area contributed by atoms with Crippen molar-refractivity contribution >= 4 is 10.0 Å². The third kappa shape index (κ3) is 4.56. The van der Waals surface area contributed by atoms with Crippen LogP contribution in [0.25, 0.3) is 0 Å². The van der Waals surface area contributed by atoms with E-state index >= 15 is 0 Å². The van der Waals surface area contributed by atoms with E-state index in [1.165, 1.54) is 0 Å². The van der Waals surface area contributed by atoms with Gasteiger partial charge in [0.25, 0.3) is 0 Å². The summed E-state index contributed by atoms with van der Waals surface area (Å²) in [6.45, 7) is 3.93. The zero-order chi connectivity index (χ0) is 19.4. The van der Waals surface area contributed by atoms with Gasteiger partial charge in [-0.2, -0.15) is 4.72 Å². The molecule has 0 saturated heterocycles. The minimum atomic E-state index is -3.68. The molecule has 3 aromatic carbocycles. The van der Waals surface area contributed by atoms with Gasteiger partial charge in [-0.25, -0.2) is 8.42 Å². The van der Waals surface area contributed by atoms with Crippen molar-refractivity contribution in [2.24, 2.45) is 0 Å². The van der Waals surface area contributed by atoms with Gasteiger partial charge in [0.15, 0.2) is 0 Å². The van der Waals surface area contributed by atoms with Crippen LogP contribution in [0.1, 0.15) is 28.3 Å². The van der Waals surface area contributed by atoms with Gasteiger partial charge in [-0.1, -0.05) is 59.7 Å². The van der Waals surface area contributed by atoms with Crippen LogP contribution in [-0.4, -0.2) is 15.5 Å². The van der Waals surface area contributed by atoms with Gasteiger partial charge >= 0.3 is 0 Å². The van der Waals surface area contributed by atoms with Gasteiger partial charge in [-0.05, 0) is 49.2 Å². The summed E-state index contributed by atoms with van der Waals surface area (Å²) in [4.78, 5) is 0.249. The molecule has 1 N–H and O–H groups in total. The molecule has 3 rings (SSSR count). The van der Waals surface area contributed by atoms with E-state index in [4.69, 9.17) is 4.74 Å². The Morgan fingerprint density at radius 3 is 1.67 bits per heavy atom. The first-order chi connectivity index (χ1) is 12.9. The number of rotatable bonds is 6. The van der Waals surface area contributed by atoms with Gasteiger partial charge in [0.1, 0.15) is 5.75 Å². The van der Waals surface area contributed by atoms with E-state index in [1.807, 2.05) is 62.4 Å². The predicted molar refractivity (Wildman–Crippen MR) is 108 cm³/mol. The number of nitrogens with one attached hydrogen (secondary N) is 1. The third-order valence-corrected chi connectivity index (χ3v) is 5.90. The molecule has 0 spiro atoms. The SMILES string of the molecule is COc1ccc([C@@H](NS(=O)(=O)c2ccc(C)cc2)c2ccc(C)cc2)cc1. The maximum absolute atomic E-state index is 13.0. The Hall–Kier alpha value is -2.63. The van der Waals surface area contributed by atoms with Gasteiger partial charge in [-0.3, -0.25) is 0 Å². The molecule has 0 aromatic heterocycles. The third-order valence-electron chi connectivity index (χ3n) is 4.46. The molecule has 0 fully saturated rings. The van der Waals surface area contributed by atoms with Crippen molar-refractivity contribution in [2.75, 3.05) is 7.11 Å². The van der Waals surface area contributed by atoms with Crippen LogP contribution < -0.4 is 9.46 Å². The number of hydrogen-bond donors (Lipinski definition) is 1. The van der Waals surface area contributed by atoms with Crippen LogP contribution in [0.3, 0.4) is 0 Å². The van der Waals surface area contributed by atoms with Crippen LogP contribution in [0.15, 0.2) is 77.7 Å². The molecule has 0 saturated carbocycles. The molecule has 0 heterocycles. The van der Waals surface area contributed by atoms with Gasteiger partial charge in [0.2, 0.25) is 10.0 Å². The Kier molecular flexibility index (Phi) is 5.63. The lowest BCUT2D eigenvalue weighted by molar-refractivity contribution is 0.414. The van der Waals surface area contributed by atoms with Crippen molar-refractivity contribution < 1.29 is 13.2 Å². The number of ether oxygens (including phenoxy) is 1. The van der Waals surface area contributed by atoms with Crippen molar-refractivity contribution in [1.82, 2.24) is 4.72 Å². The molecule has 0 aliphatic heterocycles. The molecular formula is C22H23NO3S. The largest absolute Gasteiger partial charge is 0.497 e. The summed E-state index contributed by atoms with van der Waals surface area (Å²) in [5, 5.41) is 0. The van der Waals surface area contributed by atoms with Crippen molar-refractivity contribution in [3.8, 4) is 5.75 Å². The molecule has 4 nitrogen and oxygen atoms in total. The second-order valence-electron chi connectivity index (χ2n) is 6.55. The fourth-order valence-electron chi connectivity index (χ4n) is 2.82. The maximum atomic E-state index is 13.0. The first kappa shape index (κ1) is 19.1. The molecule has 27 heavy (non-hydrogen) atoms. The van der Waals surface area contributed by atoms with E-state index in [-0.39, 0.29) is 4.90 Å². The average Bonchev–Trinajstić information content (AvgIpc) is 2.67. The lowest BCUT2D eigenvalue weighted by Gasteiger charge is -2.20. The summed E-state index contributed by atoms with van der Waals surface area (Å²) >= 11 is 0. The highest BCUT2D eigenvalue weighted by molar-refractivity contribution is 7.89. The minimum absolute atomic E-state index is 0.249. The molecule has 5 heteroatoms. The van der Waals surface area contributed by atoms with Gasteiger partial charge in [-0.15, -0.1) is 0 Å². The van der Waals surface area contributed by atoms with E-state index in [1.54, 1.807) is 31.4 Å². The Balaban J connectivity index is 2.00. The van der Waals surface area contributed by atoms with E-state index in [2.05, 4.69) is 4.72 Å². The Morgan fingerprint density at radius 2 is 1.19 bits per heavy atom. The van der Waals surface area contributed by atoms with E-state index in [9.17, 15) is 8.42 Å². The van der Waals surface area contributed by atoms with E-state index < -0.39 is 16.1 Å². The standard InChI is InChI=1S/C22H23NO3S/c1-16-4-8-18(9-5-16)22(19-10-12-20(26-3)13-11-19)23-27(24,25)21-14-6-17(2)7-15-21/h4-15,22-23H,1-3H3/t22-/m0/s1.